The minimum absolute atomic E-state index is 0.0281. The Labute approximate surface area is 86.0 Å². The number of methoxy groups -OCH3 is 1. The molecule has 2 rings (SSSR count). The predicted molar refractivity (Wildman–Crippen MR) is 55.0 cm³/mol. The number of nitrogens with one attached hydrogen (secondary N) is 1. The summed E-state index contributed by atoms with van der Waals surface area (Å²) in [7, 11) is 1.60. The van der Waals surface area contributed by atoms with Crippen molar-refractivity contribution >= 4 is 17.7 Å². The van der Waals surface area contributed by atoms with Crippen molar-refractivity contribution in [3.05, 3.63) is 24.3 Å². The molecule has 0 aliphatic carbocycles. The molecule has 0 fully saturated rings. The first-order valence-corrected chi connectivity index (χ1v) is 4.28. The van der Waals surface area contributed by atoms with E-state index >= 15 is 0 Å². The molecular formula is C9H10N4O2. The molecule has 1 aromatic carbocycles. The maximum Gasteiger partial charge on any atom is 0.320 e. The fourth-order valence-corrected chi connectivity index (χ4v) is 1.12. The van der Waals surface area contributed by atoms with Crippen molar-refractivity contribution in [1.82, 2.24) is 10.1 Å². The highest BCUT2D eigenvalue weighted by Gasteiger charge is 2.02. The van der Waals surface area contributed by atoms with Crippen molar-refractivity contribution in [3.63, 3.8) is 0 Å². The van der Waals surface area contributed by atoms with E-state index in [9.17, 15) is 0 Å². The molecule has 2 aromatic rings. The maximum atomic E-state index is 5.28. The van der Waals surface area contributed by atoms with E-state index in [2.05, 4.69) is 20.0 Å². The van der Waals surface area contributed by atoms with Crippen molar-refractivity contribution in [2.45, 2.75) is 0 Å². The Morgan fingerprint density at radius 1 is 1.47 bits per heavy atom. The fourth-order valence-electron chi connectivity index (χ4n) is 1.12. The second-order valence-electron chi connectivity index (χ2n) is 2.81. The third-order valence-corrected chi connectivity index (χ3v) is 1.77. The maximum absolute atomic E-state index is 5.28. The Hall–Kier alpha value is -2.24. The molecule has 0 amide bonds. The lowest BCUT2D eigenvalue weighted by Crippen LogP contribution is -1.93. The van der Waals surface area contributed by atoms with Gasteiger partial charge in [-0.2, -0.15) is 4.98 Å². The van der Waals surface area contributed by atoms with Gasteiger partial charge in [0.2, 0.25) is 0 Å². The summed E-state index contributed by atoms with van der Waals surface area (Å²) in [6.07, 6.45) is 0. The molecule has 1 aromatic heterocycles. The highest BCUT2D eigenvalue weighted by atomic mass is 16.5. The highest BCUT2D eigenvalue weighted by Crippen LogP contribution is 2.19. The lowest BCUT2D eigenvalue weighted by Gasteiger charge is -2.03. The number of rotatable bonds is 3. The van der Waals surface area contributed by atoms with Gasteiger partial charge in [-0.25, -0.2) is 0 Å². The minimum atomic E-state index is 0.0281. The number of hydrogen-bond donors (Lipinski definition) is 2. The molecule has 6 heteroatoms. The summed E-state index contributed by atoms with van der Waals surface area (Å²) in [4.78, 5) is 3.81. The zero-order valence-corrected chi connectivity index (χ0v) is 8.10. The number of nitrogen functional groups attached to an aromatic ring is 1. The molecule has 1 heterocycles. The molecule has 0 atom stereocenters. The molecule has 0 aliphatic rings. The average Bonchev–Trinajstić information content (AvgIpc) is 2.64. The number of nitrogens with zero attached hydrogens (tertiary/aromatic N) is 2. The van der Waals surface area contributed by atoms with Crippen LogP contribution in [0.2, 0.25) is 0 Å². The van der Waals surface area contributed by atoms with Gasteiger partial charge in [-0.15, -0.1) is 0 Å². The summed E-state index contributed by atoms with van der Waals surface area (Å²) >= 11 is 0. The second kappa shape index (κ2) is 3.87. The normalized spacial score (nSPS) is 9.93. The molecule has 3 N–H and O–H groups in total. The second-order valence-corrected chi connectivity index (χ2v) is 2.81. The quantitative estimate of drug-likeness (QED) is 0.789. The number of aromatic nitrogens is 2. The van der Waals surface area contributed by atoms with Gasteiger partial charge >= 0.3 is 6.01 Å². The predicted octanol–water partition coefficient (Wildman–Crippen LogP) is 1.40. The van der Waals surface area contributed by atoms with Crippen molar-refractivity contribution in [2.24, 2.45) is 0 Å². The first-order valence-electron chi connectivity index (χ1n) is 4.28. The van der Waals surface area contributed by atoms with E-state index in [1.807, 2.05) is 24.3 Å². The Kier molecular flexibility index (Phi) is 2.40. The Morgan fingerprint density at radius 3 is 3.00 bits per heavy atom. The summed E-state index contributed by atoms with van der Waals surface area (Å²) in [6, 6.07) is 7.39. The van der Waals surface area contributed by atoms with Gasteiger partial charge in [0.25, 0.3) is 5.95 Å². The molecule has 0 unspecified atom stereocenters. The molecule has 0 aliphatic heterocycles. The topological polar surface area (TPSA) is 86.2 Å². The van der Waals surface area contributed by atoms with Crippen LogP contribution in [0.3, 0.4) is 0 Å². The number of benzene rings is 1. The SMILES string of the molecule is COc1cccc(Nc2noc(N)n2)c1. The largest absolute Gasteiger partial charge is 0.497 e. The van der Waals surface area contributed by atoms with E-state index in [0.29, 0.717) is 5.95 Å². The number of anilines is 3. The molecule has 0 spiro atoms. The fraction of sp³-hybridized carbons (Fsp3) is 0.111. The first-order chi connectivity index (χ1) is 7.28. The summed E-state index contributed by atoms with van der Waals surface area (Å²) in [6.45, 7) is 0. The summed E-state index contributed by atoms with van der Waals surface area (Å²) in [5, 5.41) is 6.53. The van der Waals surface area contributed by atoms with Gasteiger partial charge in [0.05, 0.1) is 7.11 Å². The summed E-state index contributed by atoms with van der Waals surface area (Å²) in [5.41, 5.74) is 6.08. The van der Waals surface area contributed by atoms with E-state index in [0.717, 1.165) is 11.4 Å². The number of hydrogen-bond acceptors (Lipinski definition) is 6. The monoisotopic (exact) mass is 206 g/mol. The van der Waals surface area contributed by atoms with Gasteiger partial charge in [-0.1, -0.05) is 6.07 Å². The lowest BCUT2D eigenvalue weighted by atomic mass is 10.3. The average molecular weight is 206 g/mol. The first kappa shape index (κ1) is 9.32. The third kappa shape index (κ3) is 2.16. The van der Waals surface area contributed by atoms with Gasteiger partial charge in [-0.3, -0.25) is 0 Å². The lowest BCUT2D eigenvalue weighted by molar-refractivity contribution is 0.415. The molecule has 15 heavy (non-hydrogen) atoms. The van der Waals surface area contributed by atoms with Crippen molar-refractivity contribution < 1.29 is 9.26 Å². The molecule has 0 bridgehead atoms. The Morgan fingerprint density at radius 2 is 2.33 bits per heavy atom. The third-order valence-electron chi connectivity index (χ3n) is 1.77. The van der Waals surface area contributed by atoms with Gasteiger partial charge in [0.15, 0.2) is 0 Å². The van der Waals surface area contributed by atoms with E-state index < -0.39 is 0 Å². The van der Waals surface area contributed by atoms with E-state index in [1.54, 1.807) is 7.11 Å². The molecule has 0 radical (unpaired) electrons. The van der Waals surface area contributed by atoms with Gasteiger partial charge in [-0.05, 0) is 17.3 Å². The van der Waals surface area contributed by atoms with E-state index in [1.165, 1.54) is 0 Å². The van der Waals surface area contributed by atoms with Gasteiger partial charge < -0.3 is 20.3 Å². The van der Waals surface area contributed by atoms with Crippen LogP contribution in [-0.4, -0.2) is 17.3 Å². The van der Waals surface area contributed by atoms with Crippen LogP contribution in [0.15, 0.2) is 28.8 Å². The summed E-state index contributed by atoms with van der Waals surface area (Å²) in [5.74, 6) is 1.07. The van der Waals surface area contributed by atoms with Crippen molar-refractivity contribution in [1.29, 1.82) is 0 Å². The Bertz CT molecular complexity index is 455. The van der Waals surface area contributed by atoms with Crippen LogP contribution in [0, 0.1) is 0 Å². The molecule has 78 valence electrons. The molecular weight excluding hydrogens is 196 g/mol. The Balaban J connectivity index is 2.16. The van der Waals surface area contributed by atoms with Crippen molar-refractivity contribution in [2.75, 3.05) is 18.2 Å². The van der Waals surface area contributed by atoms with Crippen LogP contribution in [0.1, 0.15) is 0 Å². The zero-order valence-electron chi connectivity index (χ0n) is 8.10. The van der Waals surface area contributed by atoms with Crippen LogP contribution >= 0.6 is 0 Å². The summed E-state index contributed by atoms with van der Waals surface area (Å²) < 4.78 is 9.68. The minimum Gasteiger partial charge on any atom is -0.497 e. The van der Waals surface area contributed by atoms with Crippen LogP contribution in [-0.2, 0) is 0 Å². The van der Waals surface area contributed by atoms with Crippen LogP contribution in [0.5, 0.6) is 5.75 Å². The highest BCUT2D eigenvalue weighted by molar-refractivity contribution is 5.55. The molecule has 0 saturated carbocycles. The standard InChI is InChI=1S/C9H10N4O2/c1-14-7-4-2-3-6(5-7)11-9-12-8(10)15-13-9/h2-5H,1H3,(H3,10,11,12,13). The van der Waals surface area contributed by atoms with E-state index in [-0.39, 0.29) is 6.01 Å². The van der Waals surface area contributed by atoms with Crippen LogP contribution in [0.25, 0.3) is 0 Å². The van der Waals surface area contributed by atoms with Crippen LogP contribution < -0.4 is 15.8 Å². The smallest absolute Gasteiger partial charge is 0.320 e. The van der Waals surface area contributed by atoms with Gasteiger partial charge in [0, 0.05) is 11.8 Å². The van der Waals surface area contributed by atoms with Crippen molar-refractivity contribution in [3.8, 4) is 5.75 Å². The molecule has 0 saturated heterocycles. The van der Waals surface area contributed by atoms with Crippen LogP contribution in [0.4, 0.5) is 17.7 Å². The number of nitrogens with two attached hydrogens (primary N) is 1. The van der Waals surface area contributed by atoms with E-state index in [4.69, 9.17) is 10.5 Å². The molecule has 6 nitrogen and oxygen atoms in total. The number of ether oxygens (including phenoxy) is 1. The van der Waals surface area contributed by atoms with Gasteiger partial charge in [0.1, 0.15) is 5.75 Å². The zero-order chi connectivity index (χ0) is 10.7.